The van der Waals surface area contributed by atoms with Crippen LogP contribution < -0.4 is 0 Å². The maximum Gasteiger partial charge on any atom is 0.115 e. The molecule has 0 amide bonds. The number of rotatable bonds is 5. The molecule has 0 saturated carbocycles. The molecule has 1 aromatic heterocycles. The van der Waals surface area contributed by atoms with Gasteiger partial charge in [0.15, 0.2) is 0 Å². The van der Waals surface area contributed by atoms with Gasteiger partial charge in [0, 0.05) is 6.20 Å². The highest BCUT2D eigenvalue weighted by Crippen LogP contribution is 2.25. The average Bonchev–Trinajstić information content (AvgIpc) is 2.47. The highest BCUT2D eigenvalue weighted by atomic mass is 16.3. The first-order chi connectivity index (χ1) is 10.0. The largest absolute Gasteiger partial charge is 0.508 e. The molecule has 2 N–H and O–H groups in total. The number of aromatic hydroxyl groups is 1. The molecule has 0 aliphatic carbocycles. The second-order valence-electron chi connectivity index (χ2n) is 5.88. The molecule has 0 radical (unpaired) electrons. The number of benzene rings is 1. The summed E-state index contributed by atoms with van der Waals surface area (Å²) in [6, 6.07) is 9.46. The van der Waals surface area contributed by atoms with Crippen LogP contribution in [0, 0.1) is 0 Å². The lowest BCUT2D eigenvalue weighted by atomic mass is 9.91. The van der Waals surface area contributed by atoms with Crippen LogP contribution in [0.1, 0.15) is 55.0 Å². The first-order valence-electron chi connectivity index (χ1n) is 7.38. The Morgan fingerprint density at radius 3 is 2.29 bits per heavy atom. The first-order valence-corrected chi connectivity index (χ1v) is 7.38. The van der Waals surface area contributed by atoms with E-state index in [4.69, 9.17) is 0 Å². The molecular formula is C18H23NO2. The second-order valence-corrected chi connectivity index (χ2v) is 5.88. The number of phenolic OH excluding ortho intramolecular Hbond substituents is 1. The van der Waals surface area contributed by atoms with Gasteiger partial charge in [0.2, 0.25) is 0 Å². The van der Waals surface area contributed by atoms with Crippen molar-refractivity contribution in [2.24, 2.45) is 0 Å². The molecule has 0 aliphatic heterocycles. The number of aromatic nitrogens is 1. The van der Waals surface area contributed by atoms with E-state index in [2.05, 4.69) is 31.8 Å². The van der Waals surface area contributed by atoms with Gasteiger partial charge in [-0.2, -0.15) is 0 Å². The Morgan fingerprint density at radius 1 is 1.05 bits per heavy atom. The summed E-state index contributed by atoms with van der Waals surface area (Å²) in [7, 11) is 0. The predicted molar refractivity (Wildman–Crippen MR) is 84.5 cm³/mol. The van der Waals surface area contributed by atoms with Gasteiger partial charge in [0.25, 0.3) is 0 Å². The number of aliphatic hydroxyl groups is 1. The standard InChI is InChI=1S/C18H23NO2/c1-12(2)16-9-15(18(11-20)19-10-16)8-13(3)14-4-6-17(21)7-5-14/h4-7,9-10,12-13,20-21H,8,11H2,1-3H3. The molecule has 1 heterocycles. The van der Waals surface area contributed by atoms with Crippen LogP contribution in [-0.4, -0.2) is 15.2 Å². The zero-order valence-corrected chi connectivity index (χ0v) is 12.9. The number of aliphatic hydroxyl groups excluding tert-OH is 1. The zero-order valence-electron chi connectivity index (χ0n) is 12.9. The van der Waals surface area contributed by atoms with Crippen LogP contribution >= 0.6 is 0 Å². The SMILES string of the molecule is CC(C)c1cnc(CO)c(CC(C)c2ccc(O)cc2)c1. The third-order valence-corrected chi connectivity index (χ3v) is 3.89. The van der Waals surface area contributed by atoms with Gasteiger partial charge in [-0.1, -0.05) is 39.0 Å². The molecule has 0 fully saturated rings. The predicted octanol–water partition coefficient (Wildman–Crippen LogP) is 3.75. The minimum absolute atomic E-state index is 0.0317. The normalized spacial score (nSPS) is 12.6. The van der Waals surface area contributed by atoms with Gasteiger partial charge in [-0.05, 0) is 47.1 Å². The number of pyridine rings is 1. The summed E-state index contributed by atoms with van der Waals surface area (Å²) in [5.41, 5.74) is 4.22. The van der Waals surface area contributed by atoms with E-state index in [1.54, 1.807) is 12.1 Å². The van der Waals surface area contributed by atoms with Crippen LogP contribution in [0.2, 0.25) is 0 Å². The lowest BCUT2D eigenvalue weighted by Gasteiger charge is -2.16. The van der Waals surface area contributed by atoms with Crippen LogP contribution in [0.3, 0.4) is 0 Å². The topological polar surface area (TPSA) is 53.4 Å². The number of hydrogen-bond acceptors (Lipinski definition) is 3. The van der Waals surface area contributed by atoms with E-state index in [1.807, 2.05) is 18.3 Å². The fourth-order valence-electron chi connectivity index (χ4n) is 2.44. The van der Waals surface area contributed by atoms with Crippen molar-refractivity contribution in [2.45, 2.75) is 45.6 Å². The van der Waals surface area contributed by atoms with Crippen molar-refractivity contribution >= 4 is 0 Å². The summed E-state index contributed by atoms with van der Waals surface area (Å²) in [4.78, 5) is 4.39. The van der Waals surface area contributed by atoms with Crippen molar-refractivity contribution in [3.8, 4) is 5.75 Å². The van der Waals surface area contributed by atoms with E-state index in [1.165, 1.54) is 11.1 Å². The van der Waals surface area contributed by atoms with Crippen LogP contribution in [0.25, 0.3) is 0 Å². The molecule has 1 unspecified atom stereocenters. The zero-order chi connectivity index (χ0) is 15.4. The molecule has 0 bridgehead atoms. The molecule has 0 saturated heterocycles. The summed E-state index contributed by atoms with van der Waals surface area (Å²) in [6.07, 6.45) is 2.68. The molecule has 3 nitrogen and oxygen atoms in total. The van der Waals surface area contributed by atoms with Crippen molar-refractivity contribution in [1.29, 1.82) is 0 Å². The van der Waals surface area contributed by atoms with E-state index in [0.29, 0.717) is 11.8 Å². The third kappa shape index (κ3) is 3.82. The quantitative estimate of drug-likeness (QED) is 0.879. The summed E-state index contributed by atoms with van der Waals surface area (Å²) in [6.45, 7) is 6.40. The van der Waals surface area contributed by atoms with Crippen molar-refractivity contribution in [3.05, 3.63) is 58.9 Å². The smallest absolute Gasteiger partial charge is 0.115 e. The van der Waals surface area contributed by atoms with E-state index >= 15 is 0 Å². The number of phenols is 1. The van der Waals surface area contributed by atoms with Crippen LogP contribution in [0.5, 0.6) is 5.75 Å². The molecule has 1 atom stereocenters. The Labute approximate surface area is 126 Å². The third-order valence-electron chi connectivity index (χ3n) is 3.89. The van der Waals surface area contributed by atoms with E-state index < -0.39 is 0 Å². The molecule has 0 aliphatic rings. The Morgan fingerprint density at radius 2 is 1.71 bits per heavy atom. The van der Waals surface area contributed by atoms with Gasteiger partial charge in [-0.3, -0.25) is 4.98 Å². The van der Waals surface area contributed by atoms with Gasteiger partial charge in [-0.25, -0.2) is 0 Å². The van der Waals surface area contributed by atoms with Crippen molar-refractivity contribution in [2.75, 3.05) is 0 Å². The lowest BCUT2D eigenvalue weighted by molar-refractivity contribution is 0.275. The van der Waals surface area contributed by atoms with Crippen LogP contribution in [-0.2, 0) is 13.0 Å². The maximum atomic E-state index is 9.47. The van der Waals surface area contributed by atoms with Crippen LogP contribution in [0.4, 0.5) is 0 Å². The van der Waals surface area contributed by atoms with Crippen molar-refractivity contribution in [3.63, 3.8) is 0 Å². The van der Waals surface area contributed by atoms with Crippen molar-refractivity contribution in [1.82, 2.24) is 4.98 Å². The van der Waals surface area contributed by atoms with Gasteiger partial charge >= 0.3 is 0 Å². The molecule has 0 spiro atoms. The molecule has 3 heteroatoms. The second kappa shape index (κ2) is 6.72. The first kappa shape index (κ1) is 15.5. The fraction of sp³-hybridized carbons (Fsp3) is 0.389. The minimum atomic E-state index is -0.0317. The fourth-order valence-corrected chi connectivity index (χ4v) is 2.44. The molecule has 112 valence electrons. The molecular weight excluding hydrogens is 262 g/mol. The highest BCUT2D eigenvalue weighted by Gasteiger charge is 2.12. The number of nitrogens with zero attached hydrogens (tertiary/aromatic N) is 1. The Bertz CT molecular complexity index is 591. The lowest BCUT2D eigenvalue weighted by Crippen LogP contribution is -2.05. The summed E-state index contributed by atoms with van der Waals surface area (Å²) >= 11 is 0. The molecule has 2 aromatic rings. The van der Waals surface area contributed by atoms with E-state index in [-0.39, 0.29) is 12.4 Å². The van der Waals surface area contributed by atoms with Gasteiger partial charge < -0.3 is 10.2 Å². The summed E-state index contributed by atoms with van der Waals surface area (Å²) in [5, 5.41) is 18.8. The molecule has 2 rings (SSSR count). The van der Waals surface area contributed by atoms with Gasteiger partial charge in [0.1, 0.15) is 5.75 Å². The Kier molecular flexibility index (Phi) is 4.97. The Balaban J connectivity index is 2.24. The summed E-state index contributed by atoms with van der Waals surface area (Å²) in [5.74, 6) is 1.01. The van der Waals surface area contributed by atoms with Gasteiger partial charge in [0.05, 0.1) is 12.3 Å². The van der Waals surface area contributed by atoms with E-state index in [0.717, 1.165) is 17.7 Å². The summed E-state index contributed by atoms with van der Waals surface area (Å²) < 4.78 is 0. The number of hydrogen-bond donors (Lipinski definition) is 2. The Hall–Kier alpha value is -1.87. The highest BCUT2D eigenvalue weighted by molar-refractivity contribution is 5.32. The van der Waals surface area contributed by atoms with Crippen LogP contribution in [0.15, 0.2) is 36.5 Å². The average molecular weight is 285 g/mol. The monoisotopic (exact) mass is 285 g/mol. The molecule has 21 heavy (non-hydrogen) atoms. The maximum absolute atomic E-state index is 9.47. The van der Waals surface area contributed by atoms with E-state index in [9.17, 15) is 10.2 Å². The van der Waals surface area contributed by atoms with Crippen molar-refractivity contribution < 1.29 is 10.2 Å². The van der Waals surface area contributed by atoms with Gasteiger partial charge in [-0.15, -0.1) is 0 Å². The minimum Gasteiger partial charge on any atom is -0.508 e. The molecule has 1 aromatic carbocycles.